The van der Waals surface area contributed by atoms with Crippen LogP contribution in [-0.2, 0) is 6.18 Å². The Hall–Kier alpha value is -3.03. The van der Waals surface area contributed by atoms with Gasteiger partial charge in [0.1, 0.15) is 0 Å². The molecule has 0 fully saturated rings. The number of carbonyl (C=O) groups is 2. The smallest absolute Gasteiger partial charge is 0.416 e. The lowest BCUT2D eigenvalue weighted by Crippen LogP contribution is -2.06. The average molecular weight is 355 g/mol. The highest BCUT2D eigenvalue weighted by atomic mass is 19.4. The molecule has 8 heteroatoms. The maximum Gasteiger partial charge on any atom is 0.416 e. The van der Waals surface area contributed by atoms with Gasteiger partial charge in [-0.25, -0.2) is 9.59 Å². The zero-order valence-corrected chi connectivity index (χ0v) is 13.4. The van der Waals surface area contributed by atoms with Crippen molar-refractivity contribution < 1.29 is 33.0 Å². The Labute approximate surface area is 141 Å². The van der Waals surface area contributed by atoms with Gasteiger partial charge in [0.05, 0.1) is 16.7 Å². The number of rotatable bonds is 3. The van der Waals surface area contributed by atoms with Gasteiger partial charge < -0.3 is 15.5 Å². The molecule has 0 spiro atoms. The van der Waals surface area contributed by atoms with E-state index in [0.717, 1.165) is 18.2 Å². The predicted molar refractivity (Wildman–Crippen MR) is 86.1 cm³/mol. The van der Waals surface area contributed by atoms with E-state index in [1.165, 1.54) is 18.2 Å². The number of hydrogen-bond acceptors (Lipinski definition) is 3. The summed E-state index contributed by atoms with van der Waals surface area (Å²) in [5, 5.41) is 19.7. The maximum atomic E-state index is 12.3. The third kappa shape index (κ3) is 6.17. The molecule has 0 aromatic heterocycles. The fraction of sp³-hybridized carbons (Fsp3) is 0.176. The molecule has 0 bridgehead atoms. The summed E-state index contributed by atoms with van der Waals surface area (Å²) in [4.78, 5) is 20.8. The Balaban J connectivity index is 0.000000251. The molecule has 3 N–H and O–H groups in total. The van der Waals surface area contributed by atoms with Crippen LogP contribution in [0.1, 0.15) is 31.8 Å². The van der Waals surface area contributed by atoms with Crippen LogP contribution in [0, 0.1) is 6.92 Å². The first-order chi connectivity index (χ1) is 11.5. The monoisotopic (exact) mass is 355 g/mol. The maximum absolute atomic E-state index is 12.3. The first-order valence-corrected chi connectivity index (χ1v) is 6.98. The van der Waals surface area contributed by atoms with E-state index in [0.29, 0.717) is 11.3 Å². The number of aromatic carboxylic acids is 2. The van der Waals surface area contributed by atoms with Crippen LogP contribution in [-0.4, -0.2) is 29.2 Å². The van der Waals surface area contributed by atoms with Gasteiger partial charge in [-0.15, -0.1) is 0 Å². The van der Waals surface area contributed by atoms with Gasteiger partial charge in [0.15, 0.2) is 0 Å². The molecule has 0 saturated carbocycles. The van der Waals surface area contributed by atoms with Crippen molar-refractivity contribution in [3.63, 3.8) is 0 Å². The summed E-state index contributed by atoms with van der Waals surface area (Å²) in [7, 11) is 1.59. The van der Waals surface area contributed by atoms with Crippen LogP contribution in [0.4, 0.5) is 18.9 Å². The van der Waals surface area contributed by atoms with Crippen molar-refractivity contribution in [1.29, 1.82) is 0 Å². The molecule has 5 nitrogen and oxygen atoms in total. The van der Waals surface area contributed by atoms with E-state index < -0.39 is 23.7 Å². The summed E-state index contributed by atoms with van der Waals surface area (Å²) in [6, 6.07) is 9.07. The minimum absolute atomic E-state index is 0.0186. The molecule has 2 rings (SSSR count). The summed E-state index contributed by atoms with van der Waals surface area (Å²) in [6.07, 6.45) is -4.27. The normalized spacial score (nSPS) is 10.4. The minimum Gasteiger partial charge on any atom is -0.478 e. The van der Waals surface area contributed by atoms with Crippen LogP contribution in [0.3, 0.4) is 0 Å². The summed E-state index contributed by atoms with van der Waals surface area (Å²) in [5.41, 5.74) is 0.424. The van der Waals surface area contributed by atoms with Crippen molar-refractivity contribution in [1.82, 2.24) is 0 Å². The molecule has 2 aromatic rings. The molecule has 0 aliphatic heterocycles. The van der Waals surface area contributed by atoms with E-state index in [-0.39, 0.29) is 11.1 Å². The fourth-order valence-corrected chi connectivity index (χ4v) is 1.88. The van der Waals surface area contributed by atoms with E-state index in [1.54, 1.807) is 20.0 Å². The molecular weight excluding hydrogens is 339 g/mol. The average Bonchev–Trinajstić information content (AvgIpc) is 2.54. The van der Waals surface area contributed by atoms with Crippen molar-refractivity contribution >= 4 is 17.6 Å². The Bertz CT molecular complexity index is 743. The van der Waals surface area contributed by atoms with Crippen molar-refractivity contribution in [2.24, 2.45) is 0 Å². The van der Waals surface area contributed by atoms with Crippen LogP contribution < -0.4 is 5.32 Å². The van der Waals surface area contributed by atoms with Gasteiger partial charge in [-0.1, -0.05) is 6.07 Å². The van der Waals surface area contributed by atoms with Crippen molar-refractivity contribution in [3.05, 3.63) is 64.7 Å². The third-order valence-electron chi connectivity index (χ3n) is 3.05. The number of anilines is 1. The molecule has 2 aromatic carbocycles. The zero-order valence-electron chi connectivity index (χ0n) is 13.4. The lowest BCUT2D eigenvalue weighted by atomic mass is 10.1. The number of carboxylic acid groups (broad SMARTS) is 2. The van der Waals surface area contributed by atoms with Gasteiger partial charge in [0.25, 0.3) is 0 Å². The summed E-state index contributed by atoms with van der Waals surface area (Å²) in [5.74, 6) is -2.25. The molecule has 25 heavy (non-hydrogen) atoms. The molecule has 0 unspecified atom stereocenters. The van der Waals surface area contributed by atoms with Crippen molar-refractivity contribution in [2.45, 2.75) is 13.1 Å². The highest BCUT2D eigenvalue weighted by Crippen LogP contribution is 2.31. The van der Waals surface area contributed by atoms with E-state index in [2.05, 4.69) is 5.32 Å². The molecular formula is C17H16F3NO4. The van der Waals surface area contributed by atoms with Gasteiger partial charge in [0, 0.05) is 12.7 Å². The molecule has 0 aliphatic rings. The molecule has 0 radical (unpaired) electrons. The quantitative estimate of drug-likeness (QED) is 0.770. The molecule has 0 amide bonds. The number of benzene rings is 2. The van der Waals surface area contributed by atoms with Crippen molar-refractivity contribution in [3.8, 4) is 0 Å². The Kier molecular flexibility index (Phi) is 6.55. The number of halogens is 3. The Morgan fingerprint density at radius 3 is 1.88 bits per heavy atom. The van der Waals surface area contributed by atoms with Gasteiger partial charge in [-0.05, 0) is 48.9 Å². The first kappa shape index (κ1) is 20.0. The minimum atomic E-state index is -4.27. The number of aryl methyl sites for hydroxylation is 1. The number of carboxylic acids is 2. The number of nitrogens with one attached hydrogen (secondary N) is 1. The molecule has 134 valence electrons. The van der Waals surface area contributed by atoms with Gasteiger partial charge >= 0.3 is 18.1 Å². The third-order valence-corrected chi connectivity index (χ3v) is 3.05. The fourth-order valence-electron chi connectivity index (χ4n) is 1.88. The summed E-state index contributed by atoms with van der Waals surface area (Å²) < 4.78 is 36.8. The van der Waals surface area contributed by atoms with Crippen LogP contribution in [0.5, 0.6) is 0 Å². The van der Waals surface area contributed by atoms with E-state index in [1.807, 2.05) is 0 Å². The first-order valence-electron chi connectivity index (χ1n) is 6.98. The topological polar surface area (TPSA) is 86.6 Å². The predicted octanol–water partition coefficient (Wildman–Crippen LogP) is 4.14. The second-order valence-electron chi connectivity index (χ2n) is 5.03. The Morgan fingerprint density at radius 2 is 1.48 bits per heavy atom. The Morgan fingerprint density at radius 1 is 0.960 bits per heavy atom. The zero-order chi connectivity index (χ0) is 19.2. The second-order valence-corrected chi connectivity index (χ2v) is 5.03. The van der Waals surface area contributed by atoms with Gasteiger partial charge in [0.2, 0.25) is 0 Å². The van der Waals surface area contributed by atoms with Crippen LogP contribution in [0.15, 0.2) is 42.5 Å². The molecule has 0 atom stereocenters. The number of hydrogen-bond donors (Lipinski definition) is 3. The van der Waals surface area contributed by atoms with Gasteiger partial charge in [-0.3, -0.25) is 0 Å². The van der Waals surface area contributed by atoms with E-state index >= 15 is 0 Å². The lowest BCUT2D eigenvalue weighted by molar-refractivity contribution is -0.137. The highest BCUT2D eigenvalue weighted by Gasteiger charge is 2.30. The SMILES string of the molecule is CNc1cc(C)cc(C(F)(F)F)c1.O=C(O)c1cccc(C(=O)O)c1. The van der Waals surface area contributed by atoms with Crippen molar-refractivity contribution in [2.75, 3.05) is 12.4 Å². The summed E-state index contributed by atoms with van der Waals surface area (Å²) in [6.45, 7) is 1.64. The standard InChI is InChI=1S/C9H10F3N.C8H6O4/c1-6-3-7(9(10,11)12)5-8(4-6)13-2;9-7(10)5-2-1-3-6(4-5)8(11)12/h3-5,13H,1-2H3;1-4H,(H,9,10)(H,11,12). The molecule has 0 aliphatic carbocycles. The number of alkyl halides is 3. The second kappa shape index (κ2) is 8.18. The van der Waals surface area contributed by atoms with Gasteiger partial charge in [-0.2, -0.15) is 13.2 Å². The van der Waals surface area contributed by atoms with E-state index in [9.17, 15) is 22.8 Å². The molecule has 0 saturated heterocycles. The molecule has 0 heterocycles. The van der Waals surface area contributed by atoms with E-state index in [4.69, 9.17) is 10.2 Å². The van der Waals surface area contributed by atoms with Crippen LogP contribution >= 0.6 is 0 Å². The lowest BCUT2D eigenvalue weighted by Gasteiger charge is -2.09. The largest absolute Gasteiger partial charge is 0.478 e. The summed E-state index contributed by atoms with van der Waals surface area (Å²) >= 11 is 0. The van der Waals surface area contributed by atoms with Crippen LogP contribution in [0.25, 0.3) is 0 Å². The van der Waals surface area contributed by atoms with Crippen LogP contribution in [0.2, 0.25) is 0 Å². The highest BCUT2D eigenvalue weighted by molar-refractivity contribution is 5.93.